The van der Waals surface area contributed by atoms with Crippen LogP contribution in [0.25, 0.3) is 11.2 Å². The van der Waals surface area contributed by atoms with Gasteiger partial charge in [0.1, 0.15) is 12.2 Å². The Kier molecular flexibility index (Phi) is 3.53. The summed E-state index contributed by atoms with van der Waals surface area (Å²) in [6.07, 6.45) is 9.82. The van der Waals surface area contributed by atoms with Crippen LogP contribution in [0.5, 0.6) is 0 Å². The molecule has 1 saturated carbocycles. The molecule has 1 aromatic carbocycles. The molecule has 0 amide bonds. The summed E-state index contributed by atoms with van der Waals surface area (Å²) in [5, 5.41) is 8.31. The van der Waals surface area contributed by atoms with Gasteiger partial charge in [0.25, 0.3) is 0 Å². The Hall–Kier alpha value is -3.15. The lowest BCUT2D eigenvalue weighted by molar-refractivity contribution is 0.235. The van der Waals surface area contributed by atoms with Gasteiger partial charge in [-0.05, 0) is 42.7 Å². The highest BCUT2D eigenvalue weighted by atomic mass is 16.1. The molecule has 0 radical (unpaired) electrons. The third kappa shape index (κ3) is 2.51. The molecule has 0 atom stereocenters. The number of imidazole rings is 1. The van der Waals surface area contributed by atoms with Crippen LogP contribution in [0.1, 0.15) is 30.7 Å². The second kappa shape index (κ2) is 5.94. The first-order chi connectivity index (χ1) is 13.2. The molecule has 27 heavy (non-hydrogen) atoms. The van der Waals surface area contributed by atoms with E-state index in [1.165, 1.54) is 12.0 Å². The molecule has 3 aromatic heterocycles. The number of hydrogen-bond donors (Lipinski definition) is 0. The number of nitrogens with zero attached hydrogens (tertiary/aromatic N) is 5. The van der Waals surface area contributed by atoms with Crippen molar-refractivity contribution >= 4 is 5.52 Å². The van der Waals surface area contributed by atoms with Gasteiger partial charge in [-0.2, -0.15) is 0 Å². The molecule has 1 aliphatic rings. The number of aromatic nitrogens is 5. The van der Waals surface area contributed by atoms with E-state index < -0.39 is 0 Å². The van der Waals surface area contributed by atoms with Crippen molar-refractivity contribution in [3.05, 3.63) is 83.1 Å². The summed E-state index contributed by atoms with van der Waals surface area (Å²) in [5.74, 6) is 1.01. The summed E-state index contributed by atoms with van der Waals surface area (Å²) in [5.41, 5.74) is 3.12. The maximum absolute atomic E-state index is 12.8. The van der Waals surface area contributed by atoms with Crippen LogP contribution in [0.4, 0.5) is 0 Å². The van der Waals surface area contributed by atoms with Gasteiger partial charge in [0.05, 0.1) is 11.2 Å². The maximum Gasteiger partial charge on any atom is 0.337 e. The topological polar surface area (TPSA) is 57.1 Å². The zero-order valence-corrected chi connectivity index (χ0v) is 15.2. The number of fused-ring (bicyclic) bond motifs is 1. The minimum atomic E-state index is -0.0429. The number of hydrogen-bond acceptors (Lipinski definition) is 3. The van der Waals surface area contributed by atoms with Crippen molar-refractivity contribution < 1.29 is 0 Å². The van der Waals surface area contributed by atoms with Crippen LogP contribution in [-0.4, -0.2) is 23.7 Å². The SMILES string of the molecule is Cn1cnnc1CC1(c2cccc(-n3cc4ccccn4c3=O)c2)CCC1. The molecule has 4 aromatic rings. The molecule has 0 saturated heterocycles. The summed E-state index contributed by atoms with van der Waals surface area (Å²) in [7, 11) is 1.99. The van der Waals surface area contributed by atoms with Crippen molar-refractivity contribution in [1.82, 2.24) is 23.7 Å². The standard InChI is InChI=1S/C21H21N5O/c1-24-15-22-23-19(24)13-21(9-5-10-21)16-6-4-8-17(12-16)26-14-18-7-2-3-11-25(18)20(26)27/h2-4,6-8,11-12,14-15H,5,9-10,13H2,1H3. The molecule has 5 rings (SSSR count). The van der Waals surface area contributed by atoms with Crippen molar-refractivity contribution in [3.8, 4) is 5.69 Å². The second-order valence-corrected chi connectivity index (χ2v) is 7.50. The number of pyridine rings is 1. The smallest absolute Gasteiger partial charge is 0.321 e. The molecular formula is C21H21N5O. The lowest BCUT2D eigenvalue weighted by Crippen LogP contribution is -2.37. The Morgan fingerprint density at radius 2 is 2.04 bits per heavy atom. The van der Waals surface area contributed by atoms with Gasteiger partial charge in [-0.25, -0.2) is 4.79 Å². The van der Waals surface area contributed by atoms with Gasteiger partial charge in [-0.3, -0.25) is 8.97 Å². The summed E-state index contributed by atoms with van der Waals surface area (Å²) >= 11 is 0. The first-order valence-electron chi connectivity index (χ1n) is 9.29. The van der Waals surface area contributed by atoms with Crippen molar-refractivity contribution in [3.63, 3.8) is 0 Å². The molecule has 3 heterocycles. The van der Waals surface area contributed by atoms with E-state index in [0.29, 0.717) is 0 Å². The predicted molar refractivity (Wildman–Crippen MR) is 103 cm³/mol. The van der Waals surface area contributed by atoms with E-state index in [2.05, 4.69) is 28.4 Å². The maximum atomic E-state index is 12.8. The van der Waals surface area contributed by atoms with Gasteiger partial charge in [0.2, 0.25) is 0 Å². The largest absolute Gasteiger partial charge is 0.337 e. The van der Waals surface area contributed by atoms with E-state index in [4.69, 9.17) is 0 Å². The predicted octanol–water partition coefficient (Wildman–Crippen LogP) is 2.88. The van der Waals surface area contributed by atoms with Crippen molar-refractivity contribution in [1.29, 1.82) is 0 Å². The Morgan fingerprint density at radius 1 is 1.15 bits per heavy atom. The Bertz CT molecular complexity index is 1180. The highest BCUT2D eigenvalue weighted by Gasteiger charge is 2.40. The van der Waals surface area contributed by atoms with Crippen LogP contribution < -0.4 is 5.69 Å². The van der Waals surface area contributed by atoms with Gasteiger partial charge in [-0.1, -0.05) is 24.6 Å². The minimum Gasteiger partial charge on any atom is -0.321 e. The molecule has 0 aliphatic heterocycles. The molecular weight excluding hydrogens is 338 g/mol. The van der Waals surface area contributed by atoms with Crippen LogP contribution in [0, 0.1) is 0 Å². The lowest BCUT2D eigenvalue weighted by atomic mass is 9.62. The van der Waals surface area contributed by atoms with Crippen molar-refractivity contribution in [2.75, 3.05) is 0 Å². The monoisotopic (exact) mass is 359 g/mol. The van der Waals surface area contributed by atoms with Gasteiger partial charge in [0.15, 0.2) is 0 Å². The average Bonchev–Trinajstić information content (AvgIpc) is 3.22. The van der Waals surface area contributed by atoms with Gasteiger partial charge < -0.3 is 4.57 Å². The van der Waals surface area contributed by atoms with Crippen LogP contribution in [-0.2, 0) is 18.9 Å². The molecule has 0 spiro atoms. The fraction of sp³-hybridized carbons (Fsp3) is 0.286. The van der Waals surface area contributed by atoms with E-state index >= 15 is 0 Å². The van der Waals surface area contributed by atoms with E-state index in [1.54, 1.807) is 21.5 Å². The molecule has 6 heteroatoms. The summed E-state index contributed by atoms with van der Waals surface area (Å²) in [6, 6.07) is 14.2. The lowest BCUT2D eigenvalue weighted by Gasteiger charge is -2.42. The fourth-order valence-corrected chi connectivity index (χ4v) is 4.15. The normalized spacial score (nSPS) is 15.7. The van der Waals surface area contributed by atoms with E-state index in [0.717, 1.165) is 36.3 Å². The highest BCUT2D eigenvalue weighted by molar-refractivity contribution is 5.49. The number of aryl methyl sites for hydroxylation is 1. The molecule has 1 aliphatic carbocycles. The van der Waals surface area contributed by atoms with Crippen LogP contribution in [0.15, 0.2) is 66.0 Å². The van der Waals surface area contributed by atoms with Crippen LogP contribution in [0.2, 0.25) is 0 Å². The molecule has 136 valence electrons. The molecule has 6 nitrogen and oxygen atoms in total. The quantitative estimate of drug-likeness (QED) is 0.563. The molecule has 0 bridgehead atoms. The van der Waals surface area contributed by atoms with Crippen LogP contribution in [0.3, 0.4) is 0 Å². The molecule has 0 unspecified atom stereocenters. The fourth-order valence-electron chi connectivity index (χ4n) is 4.15. The molecule has 0 N–H and O–H groups in total. The average molecular weight is 359 g/mol. The summed E-state index contributed by atoms with van der Waals surface area (Å²) in [6.45, 7) is 0. The second-order valence-electron chi connectivity index (χ2n) is 7.50. The molecule has 1 fully saturated rings. The van der Waals surface area contributed by atoms with Crippen LogP contribution >= 0.6 is 0 Å². The Morgan fingerprint density at radius 3 is 2.74 bits per heavy atom. The first kappa shape index (κ1) is 16.1. The summed E-state index contributed by atoms with van der Waals surface area (Å²) < 4.78 is 5.40. The first-order valence-corrected chi connectivity index (χ1v) is 9.29. The summed E-state index contributed by atoms with van der Waals surface area (Å²) in [4.78, 5) is 12.8. The third-order valence-corrected chi connectivity index (χ3v) is 5.91. The highest BCUT2D eigenvalue weighted by Crippen LogP contribution is 2.46. The minimum absolute atomic E-state index is 0.0429. The zero-order chi connectivity index (χ0) is 18.4. The Labute approximate surface area is 156 Å². The van der Waals surface area contributed by atoms with Gasteiger partial charge in [-0.15, -0.1) is 10.2 Å². The van der Waals surface area contributed by atoms with E-state index in [1.807, 2.05) is 42.1 Å². The third-order valence-electron chi connectivity index (χ3n) is 5.91. The van der Waals surface area contributed by atoms with Gasteiger partial charge >= 0.3 is 5.69 Å². The number of rotatable bonds is 4. The Balaban J connectivity index is 1.57. The van der Waals surface area contributed by atoms with Crippen molar-refractivity contribution in [2.24, 2.45) is 7.05 Å². The van der Waals surface area contributed by atoms with Crippen molar-refractivity contribution in [2.45, 2.75) is 31.1 Å². The van der Waals surface area contributed by atoms with E-state index in [9.17, 15) is 4.79 Å². The zero-order valence-electron chi connectivity index (χ0n) is 15.2. The van der Waals surface area contributed by atoms with E-state index in [-0.39, 0.29) is 11.1 Å². The number of benzene rings is 1. The van der Waals surface area contributed by atoms with Gasteiger partial charge in [0, 0.05) is 31.3 Å².